The molecule has 22 heteroatoms. The fourth-order valence-electron chi connectivity index (χ4n) is 13.9. The normalized spacial score (nSPS) is 11.9. The van der Waals surface area contributed by atoms with Crippen molar-refractivity contribution in [2.24, 2.45) is 0 Å². The van der Waals surface area contributed by atoms with E-state index < -0.39 is 23.8 Å². The summed E-state index contributed by atoms with van der Waals surface area (Å²) in [5, 5.41) is 13.9. The van der Waals surface area contributed by atoms with Crippen molar-refractivity contribution in [3.63, 3.8) is 0 Å². The van der Waals surface area contributed by atoms with Gasteiger partial charge in [0.1, 0.15) is 41.5 Å². The fraction of sp³-hybridized carbons (Fsp3) is 0.0784. The average Bonchev–Trinajstić information content (AvgIpc) is 1.47. The average molecular weight is 1730 g/mol. The maximum absolute atomic E-state index is 13.4. The third-order valence-electron chi connectivity index (χ3n) is 20.0. The van der Waals surface area contributed by atoms with Crippen LogP contribution in [0.25, 0.3) is 134 Å². The molecule has 0 amide bonds. The summed E-state index contributed by atoms with van der Waals surface area (Å²) in [7, 11) is 0. The van der Waals surface area contributed by atoms with E-state index >= 15 is 0 Å². The van der Waals surface area contributed by atoms with Crippen LogP contribution >= 0.6 is 68.0 Å². The number of nitrogens with zero attached hydrogens (tertiary/aromatic N) is 8. The Morgan fingerprint density at radius 1 is 0.274 bits per heavy atom. The number of benzene rings is 12. The van der Waals surface area contributed by atoms with Crippen molar-refractivity contribution in [3.05, 3.63) is 342 Å². The maximum Gasteiger partial charge on any atom is 0.313 e. The van der Waals surface area contributed by atoms with Crippen LogP contribution < -0.4 is 19.3 Å². The molecule has 0 saturated carbocycles. The topological polar surface area (TPSA) is 196 Å². The molecule has 6 heterocycles. The Balaban J connectivity index is 0.519. The van der Waals surface area contributed by atoms with Gasteiger partial charge in [-0.2, -0.15) is 0 Å². The molecule has 124 heavy (non-hydrogen) atoms. The molecule has 6 aromatic heterocycles. The van der Waals surface area contributed by atoms with Crippen molar-refractivity contribution in [2.75, 3.05) is 23.0 Å². The first kappa shape index (κ1) is 80.9. The van der Waals surface area contributed by atoms with Crippen molar-refractivity contribution >= 4 is 260 Å². The molecule has 0 fully saturated rings. The van der Waals surface area contributed by atoms with Gasteiger partial charge >= 0.3 is 17.9 Å². The van der Waals surface area contributed by atoms with Gasteiger partial charge in [0.25, 0.3) is 0 Å². The summed E-state index contributed by atoms with van der Waals surface area (Å²) in [4.78, 5) is 73.3. The third kappa shape index (κ3) is 20.2. The van der Waals surface area contributed by atoms with Gasteiger partial charge in [-0.1, -0.05) is 146 Å². The molecule has 606 valence electrons. The maximum atomic E-state index is 13.4. The number of esters is 3. The first-order valence-corrected chi connectivity index (χ1v) is 45.1. The van der Waals surface area contributed by atoms with Gasteiger partial charge in [-0.15, -0.1) is 68.0 Å². The highest BCUT2D eigenvalue weighted by atomic mass is 32.1. The van der Waals surface area contributed by atoms with Crippen LogP contribution in [0.5, 0.6) is 11.5 Å². The van der Waals surface area contributed by atoms with E-state index in [4.69, 9.17) is 54.3 Å². The number of carbonyl (C=O) groups excluding carboxylic acids is 3. The van der Waals surface area contributed by atoms with Crippen LogP contribution in [0.4, 0.5) is 34.1 Å². The first-order chi connectivity index (χ1) is 61.0. The van der Waals surface area contributed by atoms with Crippen LogP contribution in [0.3, 0.4) is 0 Å². The SMILES string of the molecule is N=C(CCC(=O)OC(=O)CCCOc1cc(N(c2ccc(/C=C/c3nc4ccccc4s3)cc2)c2ccc(/C=C/c3nc4ccccc4s3)cc2)ccc1/C=C/c1nc2ccccc2s1)OC(=O)CCCOc1cc(N(c2ccc(/C=C/c3nc4ccccc4s3)cc2)c2ccc(/C=C/c3nc4ccccc4s3)cc2)ccc1/C=C/c1nc2ccccc2s1. The second kappa shape index (κ2) is 38.3. The number of rotatable bonds is 31. The van der Waals surface area contributed by atoms with E-state index in [2.05, 4.69) is 180 Å². The zero-order valence-electron chi connectivity index (χ0n) is 66.5. The Kier molecular flexibility index (Phi) is 25.0. The van der Waals surface area contributed by atoms with Crippen LogP contribution in [-0.2, 0) is 23.9 Å². The van der Waals surface area contributed by atoms with Gasteiger partial charge in [0.05, 0.1) is 80.9 Å². The lowest BCUT2D eigenvalue weighted by molar-refractivity contribution is -0.159. The highest BCUT2D eigenvalue weighted by Crippen LogP contribution is 2.42. The largest absolute Gasteiger partial charge is 0.493 e. The lowest BCUT2D eigenvalue weighted by Gasteiger charge is -2.26. The van der Waals surface area contributed by atoms with E-state index in [1.54, 1.807) is 68.0 Å². The Morgan fingerprint density at radius 3 is 0.806 bits per heavy atom. The minimum atomic E-state index is -0.852. The van der Waals surface area contributed by atoms with Gasteiger partial charge in [-0.25, -0.2) is 29.9 Å². The van der Waals surface area contributed by atoms with E-state index in [0.29, 0.717) is 11.5 Å². The minimum absolute atomic E-state index is 0.0855. The smallest absolute Gasteiger partial charge is 0.313 e. The van der Waals surface area contributed by atoms with E-state index in [9.17, 15) is 14.4 Å². The molecular formula is C102H75N9O7S6. The summed E-state index contributed by atoms with van der Waals surface area (Å²) in [5.74, 6) is -1.59. The molecule has 0 bridgehead atoms. The number of hydrogen-bond acceptors (Lipinski definition) is 22. The lowest BCUT2D eigenvalue weighted by Crippen LogP contribution is -2.17. The second-order valence-electron chi connectivity index (χ2n) is 28.7. The third-order valence-corrected chi connectivity index (χ3v) is 26.1. The highest BCUT2D eigenvalue weighted by Gasteiger charge is 2.21. The van der Waals surface area contributed by atoms with Crippen molar-refractivity contribution in [1.29, 1.82) is 5.41 Å². The van der Waals surface area contributed by atoms with E-state index in [1.165, 1.54) is 0 Å². The molecular weight excluding hydrogens is 1660 g/mol. The molecule has 0 saturated heterocycles. The molecule has 0 aliphatic heterocycles. The summed E-state index contributed by atoms with van der Waals surface area (Å²) in [6, 6.07) is 94.2. The standard InChI is InChI=1S/C102H75N9O7S6/c103-93(117-100(112)27-13-63-115-85-65-77(53-41-71(85)43-60-98-108-83-19-5-11-25-91(83)123-98)110(73-45-29-67(30-46-73)37-56-94-104-79-15-1-7-21-87(79)119-94)74-47-31-68(32-48-74)38-57-95-105-80-16-2-8-22-88(80)120-95)55-62-102(114)118-101(113)28-14-64-116-86-66-78(54-42-72(86)44-61-99-109-84-20-6-12-26-92(84)124-99)111(75-49-33-69(34-50-75)39-58-96-106-81-17-3-9-23-89(81)121-96)76-51-35-70(36-52-76)40-59-97-107-82-18-4-10-24-90(82)122-97/h1-12,15-26,29-54,56-61,65-66,103H,13-14,27-28,55,62-64H2/b56-37+,57-38+,58-39+,59-40+,60-43+,61-44+,103-93?. The van der Waals surface area contributed by atoms with Crippen molar-refractivity contribution in [1.82, 2.24) is 29.9 Å². The number of para-hydroxylation sites is 6. The number of thiazole rings is 6. The molecule has 18 rings (SSSR count). The van der Waals surface area contributed by atoms with Gasteiger partial charge < -0.3 is 28.7 Å². The zero-order chi connectivity index (χ0) is 83.9. The Bertz CT molecular complexity index is 6260. The van der Waals surface area contributed by atoms with Gasteiger partial charge in [0.2, 0.25) is 0 Å². The summed E-state index contributed by atoms with van der Waals surface area (Å²) >= 11 is 9.78. The summed E-state index contributed by atoms with van der Waals surface area (Å²) in [6.07, 6.45) is 24.0. The molecule has 0 spiro atoms. The molecule has 0 aliphatic rings. The van der Waals surface area contributed by atoms with Crippen LogP contribution in [0.2, 0.25) is 0 Å². The predicted molar refractivity (Wildman–Crippen MR) is 517 cm³/mol. The van der Waals surface area contributed by atoms with Crippen LogP contribution in [0.1, 0.15) is 102 Å². The number of fused-ring (bicyclic) bond motifs is 6. The highest BCUT2D eigenvalue weighted by molar-refractivity contribution is 7.21. The monoisotopic (exact) mass is 1730 g/mol. The molecule has 0 unspecified atom stereocenters. The van der Waals surface area contributed by atoms with Crippen LogP contribution in [0.15, 0.2) is 279 Å². The van der Waals surface area contributed by atoms with Gasteiger partial charge in [-0.05, 0) is 229 Å². The molecule has 1 N–H and O–H groups in total. The van der Waals surface area contributed by atoms with Crippen molar-refractivity contribution < 1.29 is 33.3 Å². The quantitative estimate of drug-likeness (QED) is 0.0142. The summed E-state index contributed by atoms with van der Waals surface area (Å²) in [6.45, 7) is 0.222. The number of aromatic nitrogens is 6. The van der Waals surface area contributed by atoms with Gasteiger partial charge in [0.15, 0.2) is 5.90 Å². The van der Waals surface area contributed by atoms with Gasteiger partial charge in [-0.3, -0.25) is 19.8 Å². The Hall–Kier alpha value is -14.1. The van der Waals surface area contributed by atoms with Crippen molar-refractivity contribution in [2.45, 2.75) is 38.5 Å². The molecule has 0 radical (unpaired) electrons. The summed E-state index contributed by atoms with van der Waals surface area (Å²) in [5.41, 5.74) is 16.6. The Labute approximate surface area is 738 Å². The van der Waals surface area contributed by atoms with E-state index in [0.717, 1.165) is 159 Å². The molecule has 12 aromatic carbocycles. The number of hydrogen-bond donors (Lipinski definition) is 1. The van der Waals surface area contributed by atoms with Crippen LogP contribution in [-0.4, -0.2) is 66.9 Å². The van der Waals surface area contributed by atoms with Gasteiger partial charge in [0, 0.05) is 76.6 Å². The molecule has 0 aliphatic carbocycles. The predicted octanol–water partition coefficient (Wildman–Crippen LogP) is 27.7. The summed E-state index contributed by atoms with van der Waals surface area (Å²) < 4.78 is 30.6. The number of anilines is 6. The lowest BCUT2D eigenvalue weighted by atomic mass is 10.1. The number of carbonyl (C=O) groups is 3. The molecule has 18 aromatic rings. The molecule has 16 nitrogen and oxygen atoms in total. The zero-order valence-corrected chi connectivity index (χ0v) is 71.4. The second-order valence-corrected chi connectivity index (χ2v) is 35.1. The Morgan fingerprint density at radius 2 is 0.524 bits per heavy atom. The van der Waals surface area contributed by atoms with Crippen molar-refractivity contribution in [3.8, 4) is 11.5 Å². The fourth-order valence-corrected chi connectivity index (χ4v) is 19.1. The number of nitrogens with one attached hydrogen (secondary N) is 1. The first-order valence-electron chi connectivity index (χ1n) is 40.2. The minimum Gasteiger partial charge on any atom is -0.493 e. The van der Waals surface area contributed by atoms with E-state index in [-0.39, 0.29) is 51.7 Å². The van der Waals surface area contributed by atoms with E-state index in [1.807, 2.05) is 182 Å². The number of ether oxygens (including phenoxy) is 4. The molecule has 0 atom stereocenters. The van der Waals surface area contributed by atoms with Crippen LogP contribution in [0, 0.1) is 5.41 Å².